The van der Waals surface area contributed by atoms with Gasteiger partial charge in [0.05, 0.1) is 30.1 Å². The molecule has 0 spiro atoms. The van der Waals surface area contributed by atoms with Gasteiger partial charge in [0.2, 0.25) is 31.3 Å². The summed E-state index contributed by atoms with van der Waals surface area (Å²) in [6, 6.07) is 26.2. The largest absolute Gasteiger partial charge is 0.481 e. The molecule has 0 atom stereocenters. The van der Waals surface area contributed by atoms with E-state index >= 15 is 0 Å². The maximum atomic E-state index is 13.0. The first-order valence-electron chi connectivity index (χ1n) is 18.0. The zero-order chi connectivity index (χ0) is 39.6. The molecule has 2 saturated carbocycles. The summed E-state index contributed by atoms with van der Waals surface area (Å²) in [6.45, 7) is 0.439. The molecule has 2 aliphatic carbocycles. The average Bonchev–Trinajstić information content (AvgIpc) is 3.93. The fraction of sp³-hybridized carbons (Fsp3) is 0.268. The lowest BCUT2D eigenvalue weighted by atomic mass is 9.89. The topological polar surface area (TPSA) is 195 Å². The number of halogens is 2. The van der Waals surface area contributed by atoms with Gasteiger partial charge in [0.25, 0.3) is 0 Å². The summed E-state index contributed by atoms with van der Waals surface area (Å²) >= 11 is 12.1. The van der Waals surface area contributed by atoms with Gasteiger partial charge in [0, 0.05) is 10.0 Å². The minimum absolute atomic E-state index is 0.0760. The molecule has 2 fully saturated rings. The van der Waals surface area contributed by atoms with Gasteiger partial charge in [0.1, 0.15) is 0 Å². The number of hydrogen-bond acceptors (Lipinski definition) is 13. The van der Waals surface area contributed by atoms with Gasteiger partial charge in [-0.25, -0.2) is 0 Å². The van der Waals surface area contributed by atoms with Crippen molar-refractivity contribution in [1.29, 1.82) is 0 Å². The van der Waals surface area contributed by atoms with Gasteiger partial charge in [0.15, 0.2) is 28.8 Å². The molecular formula is C41H35Cl2N5O9. The number of benzene rings is 4. The van der Waals surface area contributed by atoms with Crippen LogP contribution in [0.3, 0.4) is 0 Å². The molecule has 4 aliphatic rings. The summed E-state index contributed by atoms with van der Waals surface area (Å²) in [5.41, 5.74) is 7.77. The van der Waals surface area contributed by atoms with E-state index < -0.39 is 16.8 Å². The highest BCUT2D eigenvalue weighted by molar-refractivity contribution is 6.31. The normalized spacial score (nSPS) is 15.8. The molecule has 14 nitrogen and oxygen atoms in total. The van der Waals surface area contributed by atoms with E-state index in [-0.39, 0.29) is 31.8 Å². The Morgan fingerprint density at radius 1 is 0.614 bits per heavy atom. The third-order valence-corrected chi connectivity index (χ3v) is 10.9. The average molecular weight is 813 g/mol. The summed E-state index contributed by atoms with van der Waals surface area (Å²) in [4.78, 5) is 24.1. The fourth-order valence-electron chi connectivity index (χ4n) is 6.68. The van der Waals surface area contributed by atoms with Gasteiger partial charge in [-0.1, -0.05) is 76.8 Å². The van der Waals surface area contributed by atoms with Crippen LogP contribution in [0.5, 0.6) is 23.0 Å². The lowest BCUT2D eigenvalue weighted by molar-refractivity contribution is -0.140. The van der Waals surface area contributed by atoms with Crippen molar-refractivity contribution in [2.24, 2.45) is 0 Å². The summed E-state index contributed by atoms with van der Waals surface area (Å²) in [7, 11) is 0. The second-order valence-electron chi connectivity index (χ2n) is 13.9. The lowest BCUT2D eigenvalue weighted by Crippen LogP contribution is -2.22. The van der Waals surface area contributed by atoms with Crippen molar-refractivity contribution in [2.75, 3.05) is 19.3 Å². The zero-order valence-electron chi connectivity index (χ0n) is 30.3. The summed E-state index contributed by atoms with van der Waals surface area (Å²) in [6.07, 6.45) is 4.10. The second kappa shape index (κ2) is 15.8. The van der Waals surface area contributed by atoms with E-state index in [1.807, 2.05) is 72.8 Å². The number of carbonyl (C=O) groups excluding carboxylic acids is 1. The molecule has 10 rings (SSSR count). The van der Waals surface area contributed by atoms with Crippen molar-refractivity contribution in [1.82, 2.24) is 20.4 Å². The van der Waals surface area contributed by atoms with Crippen molar-refractivity contribution in [3.8, 4) is 23.0 Å². The monoisotopic (exact) mass is 811 g/mol. The maximum absolute atomic E-state index is 13.0. The maximum Gasteiger partial charge on any atom is 0.314 e. The van der Waals surface area contributed by atoms with Gasteiger partial charge in [-0.15, -0.1) is 15.3 Å². The number of aliphatic carboxylic acids is 1. The molecule has 4 heterocycles. The molecule has 2 aliphatic heterocycles. The number of carboxylic acid groups (broad SMARTS) is 1. The highest BCUT2D eigenvalue weighted by atomic mass is 35.5. The number of aromatic nitrogens is 4. The minimum atomic E-state index is -0.749. The van der Waals surface area contributed by atoms with Crippen molar-refractivity contribution in [3.63, 3.8) is 0 Å². The number of Topliss-reactive ketones (excluding diaryl/α,β-unsaturated/α-hetero) is 1. The van der Waals surface area contributed by atoms with Gasteiger partial charge in [-0.05, 0) is 84.3 Å². The number of nitrogen functional groups attached to an aromatic ring is 1. The predicted octanol–water partition coefficient (Wildman–Crippen LogP) is 7.31. The molecule has 6 aromatic rings. The number of rotatable bonds is 10. The van der Waals surface area contributed by atoms with Crippen LogP contribution in [0, 0.1) is 0 Å². The van der Waals surface area contributed by atoms with Gasteiger partial charge >= 0.3 is 12.0 Å². The molecule has 0 bridgehead atoms. The lowest BCUT2D eigenvalue weighted by Gasteiger charge is -2.14. The number of hydrogen-bond donors (Lipinski definition) is 2. The summed E-state index contributed by atoms with van der Waals surface area (Å²) in [5, 5.41) is 25.9. The highest BCUT2D eigenvalue weighted by Crippen LogP contribution is 2.52. The molecule has 0 unspecified atom stereocenters. The van der Waals surface area contributed by atoms with Crippen LogP contribution in [0.25, 0.3) is 0 Å². The van der Waals surface area contributed by atoms with Gasteiger partial charge in [-0.3, -0.25) is 9.59 Å². The number of anilines is 1. The number of nitrogens with zero attached hydrogens (tertiary/aromatic N) is 4. The highest BCUT2D eigenvalue weighted by Gasteiger charge is 2.52. The van der Waals surface area contributed by atoms with E-state index in [9.17, 15) is 9.59 Å². The first kappa shape index (κ1) is 37.8. The molecular weight excluding hydrogens is 777 g/mol. The van der Waals surface area contributed by atoms with Crippen LogP contribution in [0.15, 0.2) is 93.8 Å². The van der Waals surface area contributed by atoms with E-state index in [0.717, 1.165) is 35.1 Å². The van der Waals surface area contributed by atoms with Crippen LogP contribution < -0.4 is 24.7 Å². The van der Waals surface area contributed by atoms with Gasteiger partial charge < -0.3 is 38.6 Å². The van der Waals surface area contributed by atoms with E-state index in [1.54, 1.807) is 12.1 Å². The molecule has 0 amide bonds. The van der Waals surface area contributed by atoms with Crippen LogP contribution >= 0.6 is 23.2 Å². The molecule has 3 N–H and O–H groups in total. The van der Waals surface area contributed by atoms with Crippen molar-refractivity contribution >= 4 is 41.0 Å². The van der Waals surface area contributed by atoms with E-state index in [0.29, 0.717) is 76.4 Å². The number of fused-ring (bicyclic) bond motifs is 2. The van der Waals surface area contributed by atoms with Gasteiger partial charge in [-0.2, -0.15) is 0 Å². The van der Waals surface area contributed by atoms with Crippen LogP contribution in [0.2, 0.25) is 10.0 Å². The van der Waals surface area contributed by atoms with Crippen molar-refractivity contribution in [2.45, 2.75) is 55.8 Å². The molecule has 0 radical (unpaired) electrons. The van der Waals surface area contributed by atoms with Crippen LogP contribution in [-0.2, 0) is 39.7 Å². The van der Waals surface area contributed by atoms with Crippen LogP contribution in [0.4, 0.5) is 6.01 Å². The summed E-state index contributed by atoms with van der Waals surface area (Å²) in [5.74, 6) is 3.34. The Labute approximate surface area is 335 Å². The smallest absolute Gasteiger partial charge is 0.314 e. The molecule has 4 aromatic carbocycles. The minimum Gasteiger partial charge on any atom is -0.481 e. The zero-order valence-corrected chi connectivity index (χ0v) is 31.8. The Hall–Kier alpha value is -6.12. The van der Waals surface area contributed by atoms with Crippen LogP contribution in [-0.4, -0.2) is 50.8 Å². The third kappa shape index (κ3) is 8.23. The fourth-order valence-corrected chi connectivity index (χ4v) is 7.08. The number of ketones is 1. The van der Waals surface area contributed by atoms with E-state index in [4.69, 9.17) is 61.8 Å². The molecule has 16 heteroatoms. The van der Waals surface area contributed by atoms with Crippen molar-refractivity contribution in [3.05, 3.63) is 135 Å². The number of carboxylic acids is 1. The number of nitrogens with two attached hydrogens (primary N) is 1. The Bertz CT molecular complexity index is 2440. The van der Waals surface area contributed by atoms with E-state index in [2.05, 4.69) is 20.4 Å². The second-order valence-corrected chi connectivity index (χ2v) is 14.7. The standard InChI is InChI=1S/C21H17ClN2O4.C11H10O4.C9H8ClN3O/c22-15-4-2-1-3-13(15)9-19-23-24-20(28-19)11-18(25)21(7-8-21)14-5-6-16-17(10-14)27-12-26-16;12-10(13)11(3-4-11)7-1-2-8-9(5-7)15-6-14-8;10-7-4-2-1-3-6(7)5-8-12-13-9(11)14-8/h1-6,10H,7-9,11-12H2;1-2,5H,3-4,6H2,(H,12,13);1-4H,5H2,(H2,11,13). The SMILES string of the molecule is Nc1nnc(Cc2ccccc2Cl)o1.O=C(Cc1nnc(Cc2ccccc2Cl)o1)C1(c2ccc3c(c2)OCO3)CC1.O=C(O)C1(c2ccc3c(c2)OCO3)CC1. The Morgan fingerprint density at radius 3 is 1.58 bits per heavy atom. The Morgan fingerprint density at radius 2 is 1.09 bits per heavy atom. The van der Waals surface area contributed by atoms with E-state index in [1.165, 1.54) is 0 Å². The first-order valence-corrected chi connectivity index (χ1v) is 18.8. The Kier molecular flexibility index (Phi) is 10.5. The first-order chi connectivity index (χ1) is 27.6. The van der Waals surface area contributed by atoms with Crippen LogP contribution in [0.1, 0.15) is 65.6 Å². The molecule has 2 aromatic heterocycles. The number of carbonyl (C=O) groups is 2. The number of ether oxygens (including phenoxy) is 4. The third-order valence-electron chi connectivity index (χ3n) is 10.2. The molecule has 57 heavy (non-hydrogen) atoms. The quantitative estimate of drug-likeness (QED) is 0.140. The predicted molar refractivity (Wildman–Crippen MR) is 205 cm³/mol. The molecule has 0 saturated heterocycles. The Balaban J connectivity index is 0.000000132. The molecule has 292 valence electrons. The van der Waals surface area contributed by atoms with Crippen molar-refractivity contribution < 1.29 is 42.5 Å². The summed E-state index contributed by atoms with van der Waals surface area (Å²) < 4.78 is 31.9.